The summed E-state index contributed by atoms with van der Waals surface area (Å²) in [5.41, 5.74) is 3.94. The van der Waals surface area contributed by atoms with Gasteiger partial charge in [-0.25, -0.2) is 0 Å². The van der Waals surface area contributed by atoms with Gasteiger partial charge in [-0.1, -0.05) is 31.9 Å². The van der Waals surface area contributed by atoms with Crippen molar-refractivity contribution in [1.29, 1.82) is 0 Å². The van der Waals surface area contributed by atoms with E-state index >= 15 is 0 Å². The lowest BCUT2D eigenvalue weighted by Gasteiger charge is -2.21. The lowest BCUT2D eigenvalue weighted by molar-refractivity contribution is 0.920. The fourth-order valence-corrected chi connectivity index (χ4v) is 3.29. The Morgan fingerprint density at radius 2 is 2.12 bits per heavy atom. The number of thiophene rings is 1. The Labute approximate surface area is 123 Å². The number of hydrogen-bond acceptors (Lipinski definition) is 2. The van der Waals surface area contributed by atoms with Crippen LogP contribution in [0.25, 0.3) is 0 Å². The van der Waals surface area contributed by atoms with E-state index in [0.717, 1.165) is 16.3 Å². The van der Waals surface area contributed by atoms with Gasteiger partial charge in [-0.3, -0.25) is 0 Å². The average molecular weight is 375 g/mol. The first-order valence-electron chi connectivity index (χ1n) is 5.27. The van der Waals surface area contributed by atoms with Crippen LogP contribution in [0, 0.1) is 0 Å². The second-order valence-electron chi connectivity index (χ2n) is 3.89. The minimum absolute atomic E-state index is 0.871. The molecule has 2 rings (SSSR count). The molecule has 1 aromatic heterocycles. The molecule has 0 saturated heterocycles. The largest absolute Gasteiger partial charge is 0.370 e. The third-order valence-corrected chi connectivity index (χ3v) is 4.43. The zero-order valence-electron chi connectivity index (χ0n) is 9.49. The minimum Gasteiger partial charge on any atom is -0.370 e. The van der Waals surface area contributed by atoms with Crippen molar-refractivity contribution in [2.75, 3.05) is 11.9 Å². The van der Waals surface area contributed by atoms with Crippen LogP contribution in [0.15, 0.2) is 39.5 Å². The Morgan fingerprint density at radius 3 is 2.76 bits per heavy atom. The summed E-state index contributed by atoms with van der Waals surface area (Å²) in [6.07, 6.45) is 0. The van der Waals surface area contributed by atoms with Crippen LogP contribution >= 0.6 is 43.2 Å². The van der Waals surface area contributed by atoms with Crippen LogP contribution < -0.4 is 4.90 Å². The van der Waals surface area contributed by atoms with E-state index in [1.807, 2.05) is 0 Å². The highest BCUT2D eigenvalue weighted by atomic mass is 79.9. The van der Waals surface area contributed by atoms with Crippen molar-refractivity contribution >= 4 is 48.9 Å². The van der Waals surface area contributed by atoms with Crippen molar-refractivity contribution in [3.05, 3.63) is 50.6 Å². The van der Waals surface area contributed by atoms with Gasteiger partial charge in [0, 0.05) is 29.1 Å². The highest BCUT2D eigenvalue weighted by Crippen LogP contribution is 2.27. The number of hydrogen-bond donors (Lipinski definition) is 0. The Balaban J connectivity index is 2.21. The van der Waals surface area contributed by atoms with Crippen molar-refractivity contribution in [1.82, 2.24) is 0 Å². The van der Waals surface area contributed by atoms with Crippen LogP contribution in [-0.2, 0) is 11.9 Å². The van der Waals surface area contributed by atoms with E-state index < -0.39 is 0 Å². The van der Waals surface area contributed by atoms with E-state index in [1.54, 1.807) is 11.3 Å². The summed E-state index contributed by atoms with van der Waals surface area (Å²) >= 11 is 8.80. The number of anilines is 1. The van der Waals surface area contributed by atoms with Crippen molar-refractivity contribution < 1.29 is 0 Å². The van der Waals surface area contributed by atoms with Crippen molar-refractivity contribution in [3.63, 3.8) is 0 Å². The maximum Gasteiger partial charge on any atom is 0.0434 e. The predicted molar refractivity (Wildman–Crippen MR) is 83.2 cm³/mol. The second-order valence-corrected chi connectivity index (χ2v) is 6.15. The zero-order valence-corrected chi connectivity index (χ0v) is 13.5. The van der Waals surface area contributed by atoms with Gasteiger partial charge in [0.25, 0.3) is 0 Å². The van der Waals surface area contributed by atoms with E-state index in [1.165, 1.54) is 16.8 Å². The SMILES string of the molecule is CN(Cc1ccsc1)c1ccc(Br)cc1CBr. The van der Waals surface area contributed by atoms with Crippen molar-refractivity contribution in [2.24, 2.45) is 0 Å². The number of nitrogens with zero attached hydrogens (tertiary/aromatic N) is 1. The quantitative estimate of drug-likeness (QED) is 0.677. The third kappa shape index (κ3) is 3.33. The molecule has 1 nitrogen and oxygen atoms in total. The molecule has 1 heterocycles. The van der Waals surface area contributed by atoms with E-state index in [2.05, 4.69) is 78.8 Å². The summed E-state index contributed by atoms with van der Waals surface area (Å²) in [4.78, 5) is 2.28. The van der Waals surface area contributed by atoms with E-state index in [0.29, 0.717) is 0 Å². The molecule has 0 N–H and O–H groups in total. The van der Waals surface area contributed by atoms with Crippen LogP contribution in [0.5, 0.6) is 0 Å². The molecule has 0 spiro atoms. The van der Waals surface area contributed by atoms with E-state index in [-0.39, 0.29) is 0 Å². The highest BCUT2D eigenvalue weighted by molar-refractivity contribution is 9.10. The molecular weight excluding hydrogens is 362 g/mol. The van der Waals surface area contributed by atoms with Gasteiger partial charge in [0.05, 0.1) is 0 Å². The molecule has 0 unspecified atom stereocenters. The topological polar surface area (TPSA) is 3.24 Å². The molecular formula is C13H13Br2NS. The summed E-state index contributed by atoms with van der Waals surface area (Å²) < 4.78 is 1.12. The van der Waals surface area contributed by atoms with Crippen LogP contribution in [0.1, 0.15) is 11.1 Å². The molecule has 0 aliphatic heterocycles. The van der Waals surface area contributed by atoms with Gasteiger partial charge < -0.3 is 4.90 Å². The molecule has 0 radical (unpaired) electrons. The zero-order chi connectivity index (χ0) is 12.3. The van der Waals surface area contributed by atoms with E-state index in [4.69, 9.17) is 0 Å². The molecule has 0 bridgehead atoms. The first-order chi connectivity index (χ1) is 8.20. The molecule has 0 saturated carbocycles. The third-order valence-electron chi connectivity index (χ3n) is 2.60. The standard InChI is InChI=1S/C13H13Br2NS/c1-16(8-10-4-5-17-9-10)13-3-2-12(15)6-11(13)7-14/h2-6,9H,7-8H2,1H3. The van der Waals surface area contributed by atoms with Crippen LogP contribution in [-0.4, -0.2) is 7.05 Å². The molecule has 0 aliphatic carbocycles. The van der Waals surface area contributed by atoms with Crippen LogP contribution in [0.2, 0.25) is 0 Å². The monoisotopic (exact) mass is 373 g/mol. The highest BCUT2D eigenvalue weighted by Gasteiger charge is 2.08. The summed E-state index contributed by atoms with van der Waals surface area (Å²) in [6.45, 7) is 0.950. The van der Waals surface area contributed by atoms with Gasteiger partial charge in [-0.2, -0.15) is 11.3 Å². The van der Waals surface area contributed by atoms with Gasteiger partial charge in [-0.05, 0) is 46.2 Å². The van der Waals surface area contributed by atoms with E-state index in [9.17, 15) is 0 Å². The number of benzene rings is 1. The first kappa shape index (κ1) is 13.1. The molecule has 2 aromatic rings. The van der Waals surface area contributed by atoms with Crippen LogP contribution in [0.3, 0.4) is 0 Å². The number of alkyl halides is 1. The minimum atomic E-state index is 0.871. The Kier molecular flexibility index (Phi) is 4.65. The molecule has 0 amide bonds. The van der Waals surface area contributed by atoms with Crippen molar-refractivity contribution in [2.45, 2.75) is 11.9 Å². The summed E-state index contributed by atoms with van der Waals surface area (Å²) in [6, 6.07) is 8.58. The van der Waals surface area contributed by atoms with Crippen molar-refractivity contribution in [3.8, 4) is 0 Å². The Bertz CT molecular complexity index is 482. The fourth-order valence-electron chi connectivity index (χ4n) is 1.78. The smallest absolute Gasteiger partial charge is 0.0434 e. The average Bonchev–Trinajstić information content (AvgIpc) is 2.81. The summed E-state index contributed by atoms with van der Waals surface area (Å²) in [7, 11) is 2.13. The van der Waals surface area contributed by atoms with Gasteiger partial charge in [-0.15, -0.1) is 0 Å². The normalized spacial score (nSPS) is 10.5. The lowest BCUT2D eigenvalue weighted by atomic mass is 10.2. The number of rotatable bonds is 4. The maximum absolute atomic E-state index is 3.54. The molecule has 0 atom stereocenters. The fraction of sp³-hybridized carbons (Fsp3) is 0.231. The first-order valence-corrected chi connectivity index (χ1v) is 8.13. The van der Waals surface area contributed by atoms with Gasteiger partial charge in [0.15, 0.2) is 0 Å². The van der Waals surface area contributed by atoms with Gasteiger partial charge in [0.1, 0.15) is 0 Å². The Morgan fingerprint density at radius 1 is 1.29 bits per heavy atom. The van der Waals surface area contributed by atoms with Crippen LogP contribution in [0.4, 0.5) is 5.69 Å². The Hall–Kier alpha value is -0.320. The lowest BCUT2D eigenvalue weighted by Crippen LogP contribution is -2.17. The second kappa shape index (κ2) is 6.03. The number of halogens is 2. The molecule has 1 aromatic carbocycles. The van der Waals surface area contributed by atoms with Gasteiger partial charge >= 0.3 is 0 Å². The van der Waals surface area contributed by atoms with Gasteiger partial charge in [0.2, 0.25) is 0 Å². The molecule has 17 heavy (non-hydrogen) atoms. The molecule has 90 valence electrons. The predicted octanol–water partition coefficient (Wildman–Crippen LogP) is 5.04. The summed E-state index contributed by atoms with van der Waals surface area (Å²) in [5.74, 6) is 0. The maximum atomic E-state index is 3.54. The summed E-state index contributed by atoms with van der Waals surface area (Å²) in [5, 5.41) is 5.19. The molecule has 0 fully saturated rings. The molecule has 4 heteroatoms. The molecule has 0 aliphatic rings.